The summed E-state index contributed by atoms with van der Waals surface area (Å²) in [6, 6.07) is 0. The van der Waals surface area contributed by atoms with Gasteiger partial charge in [0.05, 0.1) is 10.4 Å². The first-order valence-electron chi connectivity index (χ1n) is 9.22. The SMILES string of the molecule is FC(F)(F)CCC(=CCC1([SiH3])CCCCO1)CC1([SiH3])CCCCO1. The molecule has 2 unspecified atom stereocenters. The van der Waals surface area contributed by atoms with E-state index in [4.69, 9.17) is 9.47 Å². The molecule has 140 valence electrons. The maximum absolute atomic E-state index is 12.7. The van der Waals surface area contributed by atoms with Gasteiger partial charge >= 0.3 is 6.18 Å². The Morgan fingerprint density at radius 3 is 2.04 bits per heavy atom. The number of ether oxygens (including phenoxy) is 2. The van der Waals surface area contributed by atoms with Crippen LogP contribution in [-0.4, -0.2) is 50.3 Å². The number of hydrogen-bond donors (Lipinski definition) is 0. The van der Waals surface area contributed by atoms with E-state index in [-0.39, 0.29) is 16.9 Å². The summed E-state index contributed by atoms with van der Waals surface area (Å²) in [5.74, 6) is 0. The van der Waals surface area contributed by atoms with Crippen LogP contribution in [0.2, 0.25) is 0 Å². The number of alkyl halides is 3. The molecule has 2 saturated heterocycles. The summed E-state index contributed by atoms with van der Waals surface area (Å²) in [6.07, 6.45) is 5.29. The Bertz CT molecular complexity index is 426. The van der Waals surface area contributed by atoms with E-state index in [2.05, 4.69) is 6.08 Å². The van der Waals surface area contributed by atoms with Crippen molar-refractivity contribution in [1.29, 1.82) is 0 Å². The Labute approximate surface area is 149 Å². The van der Waals surface area contributed by atoms with Gasteiger partial charge in [-0.05, 0) is 57.8 Å². The molecule has 0 aliphatic carbocycles. The van der Waals surface area contributed by atoms with Crippen LogP contribution in [0.3, 0.4) is 0 Å². The maximum atomic E-state index is 12.7. The molecule has 2 nitrogen and oxygen atoms in total. The Balaban J connectivity index is 2.01. The van der Waals surface area contributed by atoms with Gasteiger partial charge in [0.1, 0.15) is 0 Å². The molecule has 7 heteroatoms. The van der Waals surface area contributed by atoms with Crippen LogP contribution in [0.4, 0.5) is 13.2 Å². The fourth-order valence-electron chi connectivity index (χ4n) is 3.69. The van der Waals surface area contributed by atoms with Gasteiger partial charge in [0.2, 0.25) is 0 Å². The minimum atomic E-state index is -4.09. The fourth-order valence-corrected chi connectivity index (χ4v) is 5.46. The molecule has 2 rings (SSSR count). The predicted octanol–water partition coefficient (Wildman–Crippen LogP) is 2.56. The van der Waals surface area contributed by atoms with Crippen LogP contribution in [0, 0.1) is 0 Å². The smallest absolute Gasteiger partial charge is 0.379 e. The average molecular weight is 381 g/mol. The topological polar surface area (TPSA) is 18.5 Å². The zero-order chi connectivity index (χ0) is 17.7. The molecule has 0 aromatic heterocycles. The number of halogens is 3. The molecule has 0 aromatic carbocycles. The Morgan fingerprint density at radius 1 is 0.958 bits per heavy atom. The summed E-state index contributed by atoms with van der Waals surface area (Å²) >= 11 is 0. The van der Waals surface area contributed by atoms with E-state index in [1.54, 1.807) is 0 Å². The highest BCUT2D eigenvalue weighted by molar-refractivity contribution is 6.15. The summed E-state index contributed by atoms with van der Waals surface area (Å²) in [4.78, 5) is 0. The second-order valence-corrected chi connectivity index (χ2v) is 11.5. The lowest BCUT2D eigenvalue weighted by Crippen LogP contribution is -2.38. The molecule has 0 spiro atoms. The van der Waals surface area contributed by atoms with Crippen molar-refractivity contribution in [2.45, 2.75) is 80.8 Å². The molecule has 2 aliphatic rings. The summed E-state index contributed by atoms with van der Waals surface area (Å²) in [5, 5.41) is -0.241. The van der Waals surface area contributed by atoms with Crippen LogP contribution < -0.4 is 0 Å². The lowest BCUT2D eigenvalue weighted by molar-refractivity contribution is -0.134. The maximum Gasteiger partial charge on any atom is 0.389 e. The van der Waals surface area contributed by atoms with E-state index in [0.29, 0.717) is 6.42 Å². The van der Waals surface area contributed by atoms with E-state index in [9.17, 15) is 13.2 Å². The quantitative estimate of drug-likeness (QED) is 0.521. The van der Waals surface area contributed by atoms with Gasteiger partial charge in [0.25, 0.3) is 0 Å². The number of rotatable bonds is 6. The fraction of sp³-hybridized carbons (Fsp3) is 0.882. The van der Waals surface area contributed by atoms with Crippen LogP contribution in [0.5, 0.6) is 0 Å². The Hall–Kier alpha value is -0.116. The van der Waals surface area contributed by atoms with Crippen LogP contribution in [0.1, 0.15) is 64.2 Å². The predicted molar refractivity (Wildman–Crippen MR) is 97.6 cm³/mol. The third kappa shape index (κ3) is 7.02. The molecule has 0 radical (unpaired) electrons. The van der Waals surface area contributed by atoms with Crippen molar-refractivity contribution in [2.75, 3.05) is 13.2 Å². The van der Waals surface area contributed by atoms with Crippen molar-refractivity contribution < 1.29 is 22.6 Å². The molecule has 2 fully saturated rings. The summed E-state index contributed by atoms with van der Waals surface area (Å²) in [6.45, 7) is 1.55. The van der Waals surface area contributed by atoms with E-state index in [1.165, 1.54) is 6.42 Å². The zero-order valence-corrected chi connectivity index (χ0v) is 19.0. The monoisotopic (exact) mass is 380 g/mol. The molecule has 0 saturated carbocycles. The number of hydrogen-bond acceptors (Lipinski definition) is 2. The zero-order valence-electron chi connectivity index (χ0n) is 15.0. The van der Waals surface area contributed by atoms with Crippen LogP contribution in [-0.2, 0) is 9.47 Å². The van der Waals surface area contributed by atoms with Gasteiger partial charge in [-0.15, -0.1) is 0 Å². The molecule has 24 heavy (non-hydrogen) atoms. The summed E-state index contributed by atoms with van der Waals surface area (Å²) < 4.78 is 50.0. The van der Waals surface area contributed by atoms with E-state index >= 15 is 0 Å². The van der Waals surface area contributed by atoms with Gasteiger partial charge in [-0.3, -0.25) is 0 Å². The van der Waals surface area contributed by atoms with Crippen LogP contribution in [0.15, 0.2) is 11.6 Å². The van der Waals surface area contributed by atoms with Gasteiger partial charge < -0.3 is 9.47 Å². The summed E-state index contributed by atoms with van der Waals surface area (Å²) in [7, 11) is 1.79. The minimum Gasteiger partial charge on any atom is -0.379 e. The van der Waals surface area contributed by atoms with Crippen molar-refractivity contribution >= 4 is 20.5 Å². The molecule has 0 bridgehead atoms. The highest BCUT2D eigenvalue weighted by Gasteiger charge is 2.32. The largest absolute Gasteiger partial charge is 0.389 e. The molecular weight excluding hydrogens is 349 g/mol. The molecule has 2 heterocycles. The van der Waals surface area contributed by atoms with E-state index in [1.807, 2.05) is 0 Å². The highest BCUT2D eigenvalue weighted by Crippen LogP contribution is 2.34. The second-order valence-electron chi connectivity index (χ2n) is 7.87. The van der Waals surface area contributed by atoms with Gasteiger partial charge in [-0.2, -0.15) is 13.2 Å². The molecule has 0 aromatic rings. The van der Waals surface area contributed by atoms with E-state index < -0.39 is 12.6 Å². The average Bonchev–Trinajstić information content (AvgIpc) is 2.51. The Kier molecular flexibility index (Phi) is 7.16. The van der Waals surface area contributed by atoms with Crippen molar-refractivity contribution in [1.82, 2.24) is 0 Å². The van der Waals surface area contributed by atoms with Crippen molar-refractivity contribution in [3.8, 4) is 0 Å². The molecule has 2 aliphatic heterocycles. The van der Waals surface area contributed by atoms with Gasteiger partial charge in [-0.1, -0.05) is 11.6 Å². The van der Waals surface area contributed by atoms with Gasteiger partial charge in [-0.25, -0.2) is 0 Å². The first-order chi connectivity index (χ1) is 11.2. The lowest BCUT2D eigenvalue weighted by Gasteiger charge is -2.36. The van der Waals surface area contributed by atoms with Crippen molar-refractivity contribution in [3.05, 3.63) is 11.6 Å². The van der Waals surface area contributed by atoms with Gasteiger partial charge in [0, 0.05) is 40.1 Å². The third-order valence-corrected chi connectivity index (χ3v) is 7.59. The third-order valence-electron chi connectivity index (χ3n) is 5.25. The second kappa shape index (κ2) is 8.51. The molecule has 0 N–H and O–H groups in total. The molecule has 0 amide bonds. The molecular formula is C17H31F3O2Si2. The first-order valence-corrected chi connectivity index (χ1v) is 11.2. The molecule has 2 atom stereocenters. The standard InChI is InChI=1S/C17H31F3O2Si2/c18-17(19,20)10-6-14(13-16(24)8-2-4-12-22-16)5-9-15(23)7-1-3-11-21-15/h5H,1-4,6-13H2,23-24H3. The lowest BCUT2D eigenvalue weighted by atomic mass is 9.95. The summed E-state index contributed by atoms with van der Waals surface area (Å²) in [5.41, 5.74) is 0.925. The minimum absolute atomic E-state index is 0.0759. The first kappa shape index (κ1) is 20.2. The normalized spacial score (nSPS) is 33.0. The van der Waals surface area contributed by atoms with Crippen molar-refractivity contribution in [2.24, 2.45) is 0 Å². The highest BCUT2D eigenvalue weighted by atomic mass is 28.1. The van der Waals surface area contributed by atoms with Gasteiger partial charge in [0.15, 0.2) is 0 Å². The van der Waals surface area contributed by atoms with Crippen molar-refractivity contribution in [3.63, 3.8) is 0 Å². The Morgan fingerprint density at radius 2 is 1.54 bits per heavy atom. The van der Waals surface area contributed by atoms with Crippen LogP contribution in [0.25, 0.3) is 0 Å². The van der Waals surface area contributed by atoms with Crippen LogP contribution >= 0.6 is 0 Å². The van der Waals surface area contributed by atoms with E-state index in [0.717, 1.165) is 77.8 Å².